The van der Waals surface area contributed by atoms with Crippen molar-refractivity contribution in [3.63, 3.8) is 0 Å². The van der Waals surface area contributed by atoms with Crippen LogP contribution in [0.3, 0.4) is 0 Å². The average Bonchev–Trinajstić information content (AvgIpc) is 2.80. The van der Waals surface area contributed by atoms with E-state index in [2.05, 4.69) is 10.6 Å². The second-order valence-corrected chi connectivity index (χ2v) is 9.33. The average molecular weight is 452 g/mol. The first-order valence-corrected chi connectivity index (χ1v) is 11.9. The molecule has 0 aliphatic carbocycles. The first-order chi connectivity index (χ1) is 15.5. The van der Waals surface area contributed by atoms with E-state index in [0.717, 1.165) is 11.1 Å². The number of nitrogens with one attached hydrogen (secondary N) is 2. The molecule has 166 valence electrons. The molecule has 0 aromatic heterocycles. The number of carbonyl (C=O) groups excluding carboxylic acids is 1. The van der Waals surface area contributed by atoms with Crippen LogP contribution in [0.1, 0.15) is 18.1 Å². The molecule has 0 atom stereocenters. The van der Waals surface area contributed by atoms with Crippen LogP contribution in [0.5, 0.6) is 5.75 Å². The molecule has 0 saturated carbocycles. The van der Waals surface area contributed by atoms with E-state index in [1.54, 1.807) is 42.5 Å². The Morgan fingerprint density at radius 3 is 2.50 bits per heavy atom. The number of rotatable bonds is 6. The van der Waals surface area contributed by atoms with Gasteiger partial charge in [-0.1, -0.05) is 36.4 Å². The normalized spacial score (nSPS) is 13.8. The molecule has 2 amide bonds. The third-order valence-corrected chi connectivity index (χ3v) is 7.12. The maximum absolute atomic E-state index is 13.0. The van der Waals surface area contributed by atoms with Crippen molar-refractivity contribution >= 4 is 27.4 Å². The van der Waals surface area contributed by atoms with Crippen molar-refractivity contribution in [2.45, 2.75) is 24.8 Å². The van der Waals surface area contributed by atoms with Gasteiger partial charge in [-0.15, -0.1) is 0 Å². The predicted octanol–water partition coefficient (Wildman–Crippen LogP) is 4.48. The molecule has 0 radical (unpaired) electrons. The first-order valence-electron chi connectivity index (χ1n) is 10.4. The Bertz CT molecular complexity index is 1210. The van der Waals surface area contributed by atoms with Crippen LogP contribution in [-0.4, -0.2) is 31.9 Å². The lowest BCUT2D eigenvalue weighted by atomic mass is 10.0. The highest BCUT2D eigenvalue weighted by Gasteiger charge is 2.28. The minimum absolute atomic E-state index is 0.261. The minimum atomic E-state index is -3.57. The van der Waals surface area contributed by atoms with Crippen LogP contribution in [-0.2, 0) is 23.0 Å². The van der Waals surface area contributed by atoms with Crippen molar-refractivity contribution in [3.05, 3.63) is 83.9 Å². The van der Waals surface area contributed by atoms with E-state index in [1.165, 1.54) is 4.31 Å². The second-order valence-electron chi connectivity index (χ2n) is 7.39. The fraction of sp³-hybridized carbons (Fsp3) is 0.208. The molecule has 4 rings (SSSR count). The Balaban J connectivity index is 1.48. The van der Waals surface area contributed by atoms with E-state index in [1.807, 2.05) is 37.3 Å². The SMILES string of the molecule is CCOc1ccccc1NC(=O)Nc1ccc2c(c1)CN(S(=O)(=O)c1ccccc1)CC2. The van der Waals surface area contributed by atoms with Crippen LogP contribution >= 0.6 is 0 Å². The van der Waals surface area contributed by atoms with Gasteiger partial charge in [0.2, 0.25) is 10.0 Å². The Labute approximate surface area is 188 Å². The summed E-state index contributed by atoms with van der Waals surface area (Å²) in [4.78, 5) is 12.8. The Morgan fingerprint density at radius 2 is 1.72 bits per heavy atom. The molecule has 7 nitrogen and oxygen atoms in total. The summed E-state index contributed by atoms with van der Waals surface area (Å²) in [7, 11) is -3.57. The number of fused-ring (bicyclic) bond motifs is 1. The van der Waals surface area contributed by atoms with Crippen molar-refractivity contribution in [2.24, 2.45) is 0 Å². The van der Waals surface area contributed by atoms with Crippen molar-refractivity contribution in [3.8, 4) is 5.75 Å². The number of nitrogens with zero attached hydrogens (tertiary/aromatic N) is 1. The number of sulfonamides is 1. The van der Waals surface area contributed by atoms with Crippen molar-refractivity contribution in [1.82, 2.24) is 4.31 Å². The molecular weight excluding hydrogens is 426 g/mol. The lowest BCUT2D eigenvalue weighted by molar-refractivity contribution is 0.262. The standard InChI is InChI=1S/C24H25N3O4S/c1-2-31-23-11-7-6-10-22(23)26-24(28)25-20-13-12-18-14-15-27(17-19(18)16-20)32(29,30)21-8-4-3-5-9-21/h3-13,16H,2,14-15,17H2,1H3,(H2,25,26,28). The van der Waals surface area contributed by atoms with Gasteiger partial charge in [-0.3, -0.25) is 0 Å². The zero-order chi connectivity index (χ0) is 22.6. The number of carbonyl (C=O) groups is 1. The summed E-state index contributed by atoms with van der Waals surface area (Å²) in [6.45, 7) is 3.06. The van der Waals surface area contributed by atoms with E-state index in [0.29, 0.717) is 36.7 Å². The predicted molar refractivity (Wildman–Crippen MR) is 124 cm³/mol. The van der Waals surface area contributed by atoms with Gasteiger partial charge >= 0.3 is 6.03 Å². The zero-order valence-corrected chi connectivity index (χ0v) is 18.6. The number of urea groups is 1. The number of anilines is 2. The zero-order valence-electron chi connectivity index (χ0n) is 17.7. The van der Waals surface area contributed by atoms with Crippen LogP contribution in [0, 0.1) is 0 Å². The number of benzene rings is 3. The van der Waals surface area contributed by atoms with Crippen LogP contribution in [0.4, 0.5) is 16.2 Å². The molecule has 3 aromatic rings. The molecule has 0 saturated heterocycles. The molecule has 0 unspecified atom stereocenters. The van der Waals surface area contributed by atoms with Gasteiger partial charge in [0.1, 0.15) is 5.75 Å². The van der Waals surface area contributed by atoms with E-state index in [-0.39, 0.29) is 11.4 Å². The highest BCUT2D eigenvalue weighted by molar-refractivity contribution is 7.89. The summed E-state index contributed by atoms with van der Waals surface area (Å²) in [5, 5.41) is 5.62. The lowest BCUT2D eigenvalue weighted by Crippen LogP contribution is -2.36. The first kappa shape index (κ1) is 21.9. The molecular formula is C24H25N3O4S. The van der Waals surface area contributed by atoms with E-state index >= 15 is 0 Å². The molecule has 0 spiro atoms. The van der Waals surface area contributed by atoms with Crippen LogP contribution in [0.2, 0.25) is 0 Å². The maximum atomic E-state index is 13.0. The number of para-hydroxylation sites is 2. The summed E-state index contributed by atoms with van der Waals surface area (Å²) in [5.74, 6) is 0.595. The Hall–Kier alpha value is -3.36. The van der Waals surface area contributed by atoms with Gasteiger partial charge in [-0.25, -0.2) is 13.2 Å². The van der Waals surface area contributed by atoms with Gasteiger partial charge < -0.3 is 15.4 Å². The quantitative estimate of drug-likeness (QED) is 0.579. The molecule has 1 aliphatic heterocycles. The molecule has 0 fully saturated rings. The second kappa shape index (κ2) is 9.42. The molecule has 1 heterocycles. The van der Waals surface area contributed by atoms with Gasteiger partial charge in [-0.2, -0.15) is 4.31 Å². The third-order valence-electron chi connectivity index (χ3n) is 5.26. The monoisotopic (exact) mass is 451 g/mol. The van der Waals surface area contributed by atoms with Crippen LogP contribution < -0.4 is 15.4 Å². The van der Waals surface area contributed by atoms with Gasteiger partial charge in [0.05, 0.1) is 17.2 Å². The molecule has 0 bridgehead atoms. The smallest absolute Gasteiger partial charge is 0.323 e. The number of ether oxygens (including phenoxy) is 1. The number of hydrogen-bond donors (Lipinski definition) is 2. The van der Waals surface area contributed by atoms with Crippen molar-refractivity contribution in [1.29, 1.82) is 0 Å². The Kier molecular flexibility index (Phi) is 6.43. The molecule has 2 N–H and O–H groups in total. The summed E-state index contributed by atoms with van der Waals surface area (Å²) < 4.78 is 33.0. The van der Waals surface area contributed by atoms with Crippen LogP contribution in [0.15, 0.2) is 77.7 Å². The highest BCUT2D eigenvalue weighted by Crippen LogP contribution is 2.28. The van der Waals surface area contributed by atoms with E-state index in [9.17, 15) is 13.2 Å². The lowest BCUT2D eigenvalue weighted by Gasteiger charge is -2.28. The highest BCUT2D eigenvalue weighted by atomic mass is 32.2. The fourth-order valence-corrected chi connectivity index (χ4v) is 5.13. The molecule has 3 aromatic carbocycles. The molecule has 8 heteroatoms. The van der Waals surface area contributed by atoms with E-state index < -0.39 is 16.1 Å². The minimum Gasteiger partial charge on any atom is -0.492 e. The summed E-state index contributed by atoms with van der Waals surface area (Å²) in [6, 6.07) is 20.8. The summed E-state index contributed by atoms with van der Waals surface area (Å²) >= 11 is 0. The Morgan fingerprint density at radius 1 is 0.969 bits per heavy atom. The summed E-state index contributed by atoms with van der Waals surface area (Å²) in [5.41, 5.74) is 3.12. The topological polar surface area (TPSA) is 87.7 Å². The van der Waals surface area contributed by atoms with Gasteiger partial charge in [0, 0.05) is 18.8 Å². The van der Waals surface area contributed by atoms with Gasteiger partial charge in [0.25, 0.3) is 0 Å². The number of hydrogen-bond acceptors (Lipinski definition) is 4. The molecule has 32 heavy (non-hydrogen) atoms. The fourth-order valence-electron chi connectivity index (χ4n) is 3.69. The van der Waals surface area contributed by atoms with Crippen LogP contribution in [0.25, 0.3) is 0 Å². The largest absolute Gasteiger partial charge is 0.492 e. The molecule has 1 aliphatic rings. The van der Waals surface area contributed by atoms with Gasteiger partial charge in [-0.05, 0) is 60.9 Å². The van der Waals surface area contributed by atoms with Crippen molar-refractivity contribution < 1.29 is 17.9 Å². The maximum Gasteiger partial charge on any atom is 0.323 e. The number of amides is 2. The third kappa shape index (κ3) is 4.76. The summed E-state index contributed by atoms with van der Waals surface area (Å²) in [6.07, 6.45) is 0.621. The van der Waals surface area contributed by atoms with E-state index in [4.69, 9.17) is 4.74 Å². The van der Waals surface area contributed by atoms with Crippen molar-refractivity contribution in [2.75, 3.05) is 23.8 Å². The van der Waals surface area contributed by atoms with Gasteiger partial charge in [0.15, 0.2) is 0 Å².